The molecule has 0 aliphatic carbocycles. The minimum atomic E-state index is -1.08. The maximum absolute atomic E-state index is 10.4. The highest BCUT2D eigenvalue weighted by atomic mass is 16.5. The highest BCUT2D eigenvalue weighted by Gasteiger charge is 2.03. The maximum atomic E-state index is 10.4. The fraction of sp³-hybridized carbons (Fsp3) is 0.100. The fourth-order valence-corrected chi connectivity index (χ4v) is 1.02. The predicted octanol–water partition coefficient (Wildman–Crippen LogP) is 0.152. The first-order chi connectivity index (χ1) is 8.09. The number of para-hydroxylation sites is 1. The number of aliphatic carboxylic acids is 1. The van der Waals surface area contributed by atoms with Crippen molar-refractivity contribution in [3.63, 3.8) is 0 Å². The van der Waals surface area contributed by atoms with Gasteiger partial charge in [-0.1, -0.05) is 12.1 Å². The SMILES string of the molecule is NC(=O)N/N=C\c1ccccc1OCC(=O)O. The fourth-order valence-electron chi connectivity index (χ4n) is 1.02. The van der Waals surface area contributed by atoms with Gasteiger partial charge in [-0.2, -0.15) is 5.10 Å². The standard InChI is InChI=1S/C10H11N3O4/c11-10(16)13-12-5-7-3-1-2-4-8(7)17-6-9(14)15/h1-5H,6H2,(H,14,15)(H3,11,13,16)/b12-5-. The van der Waals surface area contributed by atoms with Crippen molar-refractivity contribution in [3.8, 4) is 5.75 Å². The molecule has 0 aliphatic heterocycles. The number of amides is 2. The van der Waals surface area contributed by atoms with Crippen LogP contribution in [0.1, 0.15) is 5.56 Å². The Morgan fingerprint density at radius 1 is 1.47 bits per heavy atom. The van der Waals surface area contributed by atoms with Crippen LogP contribution in [0.2, 0.25) is 0 Å². The number of hydrogen-bond donors (Lipinski definition) is 3. The quantitative estimate of drug-likeness (QED) is 0.499. The van der Waals surface area contributed by atoms with Crippen LogP contribution in [0.15, 0.2) is 29.4 Å². The van der Waals surface area contributed by atoms with Gasteiger partial charge in [-0.3, -0.25) is 0 Å². The molecule has 0 saturated heterocycles. The zero-order valence-electron chi connectivity index (χ0n) is 8.79. The van der Waals surface area contributed by atoms with Crippen molar-refractivity contribution in [3.05, 3.63) is 29.8 Å². The van der Waals surface area contributed by atoms with Crippen LogP contribution in [0.25, 0.3) is 0 Å². The van der Waals surface area contributed by atoms with Crippen LogP contribution in [-0.4, -0.2) is 29.9 Å². The third-order valence-electron chi connectivity index (χ3n) is 1.65. The summed E-state index contributed by atoms with van der Waals surface area (Å²) in [7, 11) is 0. The van der Waals surface area contributed by atoms with Gasteiger partial charge in [0.15, 0.2) is 6.61 Å². The van der Waals surface area contributed by atoms with Crippen molar-refractivity contribution in [2.75, 3.05) is 6.61 Å². The Morgan fingerprint density at radius 3 is 2.82 bits per heavy atom. The van der Waals surface area contributed by atoms with Gasteiger partial charge in [0, 0.05) is 5.56 Å². The van der Waals surface area contributed by atoms with Crippen LogP contribution in [0.3, 0.4) is 0 Å². The lowest BCUT2D eigenvalue weighted by molar-refractivity contribution is -0.139. The summed E-state index contributed by atoms with van der Waals surface area (Å²) in [4.78, 5) is 20.7. The Hall–Kier alpha value is -2.57. The largest absolute Gasteiger partial charge is 0.481 e. The molecule has 2 amide bonds. The van der Waals surface area contributed by atoms with E-state index in [2.05, 4.69) is 5.10 Å². The Balaban J connectivity index is 2.73. The first-order valence-electron chi connectivity index (χ1n) is 4.61. The monoisotopic (exact) mass is 237 g/mol. The zero-order chi connectivity index (χ0) is 12.7. The first-order valence-corrected chi connectivity index (χ1v) is 4.61. The lowest BCUT2D eigenvalue weighted by Crippen LogP contribution is -2.24. The molecule has 0 fully saturated rings. The van der Waals surface area contributed by atoms with E-state index in [4.69, 9.17) is 15.6 Å². The number of nitrogens with one attached hydrogen (secondary N) is 1. The summed E-state index contributed by atoms with van der Waals surface area (Å²) < 4.78 is 5.02. The number of nitrogens with two attached hydrogens (primary N) is 1. The smallest absolute Gasteiger partial charge is 0.341 e. The Bertz CT molecular complexity index is 445. The van der Waals surface area contributed by atoms with E-state index in [0.29, 0.717) is 11.3 Å². The van der Waals surface area contributed by atoms with Crippen LogP contribution in [-0.2, 0) is 4.79 Å². The second-order valence-corrected chi connectivity index (χ2v) is 2.95. The summed E-state index contributed by atoms with van der Waals surface area (Å²) >= 11 is 0. The number of rotatable bonds is 5. The van der Waals surface area contributed by atoms with Crippen LogP contribution >= 0.6 is 0 Å². The van der Waals surface area contributed by atoms with Crippen molar-refractivity contribution in [1.29, 1.82) is 0 Å². The molecule has 0 unspecified atom stereocenters. The number of carboxylic acid groups (broad SMARTS) is 1. The third-order valence-corrected chi connectivity index (χ3v) is 1.65. The van der Waals surface area contributed by atoms with Gasteiger partial charge in [0.2, 0.25) is 0 Å². The molecule has 0 bridgehead atoms. The lowest BCUT2D eigenvalue weighted by Gasteiger charge is -2.05. The molecule has 0 aromatic heterocycles. The van der Waals surface area contributed by atoms with Crippen molar-refractivity contribution in [1.82, 2.24) is 5.43 Å². The summed E-state index contributed by atoms with van der Waals surface area (Å²) in [6.07, 6.45) is 1.31. The summed E-state index contributed by atoms with van der Waals surface area (Å²) in [5.74, 6) is -0.725. The number of urea groups is 1. The minimum absolute atomic E-state index is 0.352. The van der Waals surface area contributed by atoms with E-state index in [0.717, 1.165) is 0 Å². The molecular weight excluding hydrogens is 226 g/mol. The van der Waals surface area contributed by atoms with E-state index in [1.165, 1.54) is 6.21 Å². The molecule has 90 valence electrons. The third kappa shape index (κ3) is 4.65. The molecule has 1 aromatic carbocycles. The molecule has 0 aliphatic rings. The first kappa shape index (κ1) is 12.5. The molecule has 0 atom stereocenters. The van der Waals surface area contributed by atoms with Crippen molar-refractivity contribution in [2.45, 2.75) is 0 Å². The molecule has 4 N–H and O–H groups in total. The van der Waals surface area contributed by atoms with Gasteiger partial charge in [0.25, 0.3) is 0 Å². The van der Waals surface area contributed by atoms with Crippen molar-refractivity contribution < 1.29 is 19.4 Å². The number of carbonyl (C=O) groups is 2. The topological polar surface area (TPSA) is 114 Å². The van der Waals surface area contributed by atoms with E-state index in [1.54, 1.807) is 24.3 Å². The molecule has 1 rings (SSSR count). The summed E-state index contributed by atoms with van der Waals surface area (Å²) in [5, 5.41) is 12.0. The van der Waals surface area contributed by atoms with E-state index in [1.807, 2.05) is 5.43 Å². The summed E-state index contributed by atoms with van der Waals surface area (Å²) in [6, 6.07) is 5.87. The number of hydrogen-bond acceptors (Lipinski definition) is 4. The predicted molar refractivity (Wildman–Crippen MR) is 59.9 cm³/mol. The Kier molecular flexibility index (Phi) is 4.49. The van der Waals surface area contributed by atoms with E-state index in [-0.39, 0.29) is 0 Å². The van der Waals surface area contributed by atoms with Gasteiger partial charge in [-0.05, 0) is 12.1 Å². The minimum Gasteiger partial charge on any atom is -0.481 e. The average Bonchev–Trinajstić information content (AvgIpc) is 2.27. The van der Waals surface area contributed by atoms with Crippen LogP contribution < -0.4 is 15.9 Å². The molecule has 17 heavy (non-hydrogen) atoms. The molecule has 0 spiro atoms. The molecule has 0 heterocycles. The van der Waals surface area contributed by atoms with Gasteiger partial charge in [-0.15, -0.1) is 0 Å². The van der Waals surface area contributed by atoms with Gasteiger partial charge in [0.1, 0.15) is 5.75 Å². The van der Waals surface area contributed by atoms with Crippen molar-refractivity contribution in [2.24, 2.45) is 10.8 Å². The Morgan fingerprint density at radius 2 is 2.18 bits per heavy atom. The summed E-state index contributed by atoms with van der Waals surface area (Å²) in [6.45, 7) is -0.450. The second-order valence-electron chi connectivity index (χ2n) is 2.95. The van der Waals surface area contributed by atoms with E-state index >= 15 is 0 Å². The highest BCUT2D eigenvalue weighted by Crippen LogP contribution is 2.15. The van der Waals surface area contributed by atoms with Crippen LogP contribution in [0, 0.1) is 0 Å². The number of carboxylic acids is 1. The van der Waals surface area contributed by atoms with Gasteiger partial charge >= 0.3 is 12.0 Å². The number of ether oxygens (including phenoxy) is 1. The lowest BCUT2D eigenvalue weighted by atomic mass is 10.2. The molecule has 1 aromatic rings. The van der Waals surface area contributed by atoms with Gasteiger partial charge in [-0.25, -0.2) is 15.0 Å². The number of benzene rings is 1. The Labute approximate surface area is 96.9 Å². The highest BCUT2D eigenvalue weighted by molar-refractivity contribution is 5.84. The molecule has 7 nitrogen and oxygen atoms in total. The second kappa shape index (κ2) is 6.11. The van der Waals surface area contributed by atoms with E-state index in [9.17, 15) is 9.59 Å². The number of nitrogens with zero attached hydrogens (tertiary/aromatic N) is 1. The van der Waals surface area contributed by atoms with Gasteiger partial charge in [0.05, 0.1) is 6.21 Å². The maximum Gasteiger partial charge on any atom is 0.341 e. The number of hydrazone groups is 1. The van der Waals surface area contributed by atoms with E-state index < -0.39 is 18.6 Å². The summed E-state index contributed by atoms with van der Waals surface area (Å²) in [5.41, 5.74) is 7.37. The van der Waals surface area contributed by atoms with Crippen LogP contribution in [0.4, 0.5) is 4.79 Å². The molecule has 0 radical (unpaired) electrons. The van der Waals surface area contributed by atoms with Crippen LogP contribution in [0.5, 0.6) is 5.75 Å². The molecular formula is C10H11N3O4. The average molecular weight is 237 g/mol. The number of carbonyl (C=O) groups excluding carboxylic acids is 1. The molecule has 0 saturated carbocycles. The number of primary amides is 1. The molecule has 7 heteroatoms. The zero-order valence-corrected chi connectivity index (χ0v) is 8.79. The van der Waals surface area contributed by atoms with Crippen molar-refractivity contribution >= 4 is 18.2 Å². The van der Waals surface area contributed by atoms with Gasteiger partial charge < -0.3 is 15.6 Å². The normalized spacial score (nSPS) is 10.1.